The molecule has 0 aromatic heterocycles. The smallest absolute Gasteiger partial charge is 0.251 e. The second kappa shape index (κ2) is 7.26. The van der Waals surface area contributed by atoms with Crippen molar-refractivity contribution in [3.05, 3.63) is 23.8 Å². The quantitative estimate of drug-likeness (QED) is 0.821. The van der Waals surface area contributed by atoms with Crippen LogP contribution in [0.15, 0.2) is 18.2 Å². The van der Waals surface area contributed by atoms with Gasteiger partial charge in [-0.3, -0.25) is 4.79 Å². The van der Waals surface area contributed by atoms with Crippen LogP contribution < -0.4 is 14.8 Å². The van der Waals surface area contributed by atoms with Gasteiger partial charge in [0.2, 0.25) is 0 Å². The van der Waals surface area contributed by atoms with Gasteiger partial charge in [-0.25, -0.2) is 0 Å². The van der Waals surface area contributed by atoms with Gasteiger partial charge in [0, 0.05) is 16.9 Å². The maximum atomic E-state index is 11.9. The second-order valence-corrected chi connectivity index (χ2v) is 5.08. The lowest BCUT2D eigenvalue weighted by Gasteiger charge is -2.11. The first-order chi connectivity index (χ1) is 8.62. The number of carbonyl (C=O) groups excluding carboxylic acids is 1. The minimum atomic E-state index is -0.117. The van der Waals surface area contributed by atoms with Crippen LogP contribution in [-0.2, 0) is 0 Å². The molecule has 1 unspecified atom stereocenters. The third-order valence-electron chi connectivity index (χ3n) is 2.57. The molecule has 5 heteroatoms. The molecule has 0 heterocycles. The van der Waals surface area contributed by atoms with E-state index in [2.05, 4.69) is 28.2 Å². The zero-order valence-electron chi connectivity index (χ0n) is 10.8. The Labute approximate surface area is 116 Å². The molecule has 4 nitrogen and oxygen atoms in total. The van der Waals surface area contributed by atoms with E-state index in [-0.39, 0.29) is 5.91 Å². The first-order valence-electron chi connectivity index (χ1n) is 5.76. The van der Waals surface area contributed by atoms with Crippen molar-refractivity contribution in [3.63, 3.8) is 0 Å². The first kappa shape index (κ1) is 14.8. The van der Waals surface area contributed by atoms with Gasteiger partial charge in [0.1, 0.15) is 0 Å². The van der Waals surface area contributed by atoms with Crippen molar-refractivity contribution >= 4 is 21.8 Å². The molecular formula is C13H18BrNO3. The molecule has 0 saturated carbocycles. The molecule has 1 aromatic rings. The largest absolute Gasteiger partial charge is 0.493 e. The van der Waals surface area contributed by atoms with E-state index in [1.807, 2.05) is 0 Å². The molecule has 1 aromatic carbocycles. The number of hydrogen-bond donors (Lipinski definition) is 1. The summed E-state index contributed by atoms with van der Waals surface area (Å²) in [6.45, 7) is 2.66. The molecule has 1 rings (SSSR count). The van der Waals surface area contributed by atoms with E-state index in [0.29, 0.717) is 28.4 Å². The maximum Gasteiger partial charge on any atom is 0.251 e. The predicted octanol–water partition coefficient (Wildman–Crippen LogP) is 2.61. The minimum absolute atomic E-state index is 0.117. The Hall–Kier alpha value is -1.23. The number of rotatable bonds is 6. The number of methoxy groups -OCH3 is 2. The number of amides is 1. The summed E-state index contributed by atoms with van der Waals surface area (Å²) >= 11 is 3.47. The van der Waals surface area contributed by atoms with Crippen LogP contribution in [0.4, 0.5) is 0 Å². The Morgan fingerprint density at radius 3 is 2.56 bits per heavy atom. The fourth-order valence-corrected chi connectivity index (χ4v) is 1.59. The van der Waals surface area contributed by atoms with Crippen LogP contribution in [0.1, 0.15) is 23.7 Å². The third-order valence-corrected chi connectivity index (χ3v) is 3.54. The van der Waals surface area contributed by atoms with Crippen LogP contribution in [-0.4, -0.2) is 31.5 Å². The third kappa shape index (κ3) is 3.91. The molecule has 0 aliphatic heterocycles. The molecule has 18 heavy (non-hydrogen) atoms. The van der Waals surface area contributed by atoms with Crippen molar-refractivity contribution in [2.24, 2.45) is 0 Å². The van der Waals surface area contributed by atoms with Gasteiger partial charge in [-0.15, -0.1) is 0 Å². The number of nitrogens with one attached hydrogen (secondary N) is 1. The summed E-state index contributed by atoms with van der Waals surface area (Å²) in [6, 6.07) is 5.11. The van der Waals surface area contributed by atoms with E-state index >= 15 is 0 Å². The molecule has 0 aliphatic carbocycles. The molecule has 1 amide bonds. The van der Waals surface area contributed by atoms with Crippen LogP contribution in [0.2, 0.25) is 0 Å². The molecule has 0 fully saturated rings. The zero-order valence-corrected chi connectivity index (χ0v) is 12.4. The van der Waals surface area contributed by atoms with Crippen LogP contribution >= 0.6 is 15.9 Å². The summed E-state index contributed by atoms with van der Waals surface area (Å²) in [7, 11) is 3.11. The number of halogens is 1. The highest BCUT2D eigenvalue weighted by molar-refractivity contribution is 9.09. The van der Waals surface area contributed by atoms with Crippen LogP contribution in [0.5, 0.6) is 11.5 Å². The summed E-state index contributed by atoms with van der Waals surface area (Å²) in [5.41, 5.74) is 0.559. The minimum Gasteiger partial charge on any atom is -0.493 e. The summed E-state index contributed by atoms with van der Waals surface area (Å²) < 4.78 is 10.3. The molecule has 1 N–H and O–H groups in total. The molecule has 0 aliphatic rings. The second-order valence-electron chi connectivity index (χ2n) is 3.79. The van der Waals surface area contributed by atoms with Crippen molar-refractivity contribution in [1.82, 2.24) is 5.32 Å². The Bertz CT molecular complexity index is 409. The predicted molar refractivity (Wildman–Crippen MR) is 74.9 cm³/mol. The fourth-order valence-electron chi connectivity index (χ4n) is 1.43. The molecular weight excluding hydrogens is 298 g/mol. The zero-order chi connectivity index (χ0) is 13.5. The van der Waals surface area contributed by atoms with Crippen LogP contribution in [0.25, 0.3) is 0 Å². The van der Waals surface area contributed by atoms with Crippen molar-refractivity contribution in [1.29, 1.82) is 0 Å². The number of alkyl halides is 1. The Morgan fingerprint density at radius 1 is 1.33 bits per heavy atom. The molecule has 100 valence electrons. The monoisotopic (exact) mass is 315 g/mol. The number of ether oxygens (including phenoxy) is 2. The lowest BCUT2D eigenvalue weighted by Crippen LogP contribution is -2.29. The maximum absolute atomic E-state index is 11.9. The topological polar surface area (TPSA) is 47.6 Å². The number of benzene rings is 1. The molecule has 0 spiro atoms. The lowest BCUT2D eigenvalue weighted by atomic mass is 10.2. The van der Waals surface area contributed by atoms with Gasteiger partial charge in [-0.1, -0.05) is 22.9 Å². The van der Waals surface area contributed by atoms with Crippen LogP contribution in [0, 0.1) is 0 Å². The number of hydrogen-bond acceptors (Lipinski definition) is 3. The first-order valence-corrected chi connectivity index (χ1v) is 6.68. The van der Waals surface area contributed by atoms with Gasteiger partial charge in [-0.05, 0) is 24.6 Å². The van der Waals surface area contributed by atoms with E-state index < -0.39 is 0 Å². The van der Waals surface area contributed by atoms with Crippen molar-refractivity contribution in [3.8, 4) is 11.5 Å². The highest BCUT2D eigenvalue weighted by atomic mass is 79.9. The average Bonchev–Trinajstić information content (AvgIpc) is 2.43. The van der Waals surface area contributed by atoms with E-state index in [1.165, 1.54) is 0 Å². The highest BCUT2D eigenvalue weighted by Crippen LogP contribution is 2.27. The van der Waals surface area contributed by atoms with Gasteiger partial charge in [0.05, 0.1) is 14.2 Å². The van der Waals surface area contributed by atoms with Gasteiger partial charge >= 0.3 is 0 Å². The lowest BCUT2D eigenvalue weighted by molar-refractivity contribution is 0.0953. The van der Waals surface area contributed by atoms with Gasteiger partial charge < -0.3 is 14.8 Å². The van der Waals surface area contributed by atoms with Crippen molar-refractivity contribution in [2.45, 2.75) is 18.2 Å². The average molecular weight is 316 g/mol. The summed E-state index contributed by atoms with van der Waals surface area (Å²) in [6.07, 6.45) is 0.964. The highest BCUT2D eigenvalue weighted by Gasteiger charge is 2.11. The van der Waals surface area contributed by atoms with E-state index in [0.717, 1.165) is 6.42 Å². The summed E-state index contributed by atoms with van der Waals surface area (Å²) in [4.78, 5) is 12.2. The molecule has 0 bridgehead atoms. The Kier molecular flexibility index (Phi) is 5.98. The molecule has 1 atom stereocenters. The molecule has 0 radical (unpaired) electrons. The summed E-state index contributed by atoms with van der Waals surface area (Å²) in [5.74, 6) is 1.05. The van der Waals surface area contributed by atoms with Crippen molar-refractivity contribution in [2.75, 3.05) is 20.8 Å². The number of carbonyl (C=O) groups is 1. The van der Waals surface area contributed by atoms with E-state index in [1.54, 1.807) is 32.4 Å². The standard InChI is InChI=1S/C13H18BrNO3/c1-4-10(14)8-15-13(16)9-5-6-11(17-2)12(7-9)18-3/h5-7,10H,4,8H2,1-3H3,(H,15,16). The summed E-state index contributed by atoms with van der Waals surface area (Å²) in [5, 5.41) is 2.86. The van der Waals surface area contributed by atoms with E-state index in [4.69, 9.17) is 9.47 Å². The van der Waals surface area contributed by atoms with Gasteiger partial charge in [-0.2, -0.15) is 0 Å². The fraction of sp³-hybridized carbons (Fsp3) is 0.462. The normalized spacial score (nSPS) is 11.8. The Balaban J connectivity index is 2.74. The van der Waals surface area contributed by atoms with Crippen molar-refractivity contribution < 1.29 is 14.3 Å². The Morgan fingerprint density at radius 2 is 2.00 bits per heavy atom. The van der Waals surface area contributed by atoms with E-state index in [9.17, 15) is 4.79 Å². The molecule has 0 saturated heterocycles. The SMILES string of the molecule is CCC(Br)CNC(=O)c1ccc(OC)c(OC)c1. The van der Waals surface area contributed by atoms with Crippen LogP contribution in [0.3, 0.4) is 0 Å². The van der Waals surface area contributed by atoms with Gasteiger partial charge in [0.15, 0.2) is 11.5 Å². The van der Waals surface area contributed by atoms with Gasteiger partial charge in [0.25, 0.3) is 5.91 Å².